The third-order valence-corrected chi connectivity index (χ3v) is 3.22. The lowest BCUT2D eigenvalue weighted by Gasteiger charge is -2.19. The highest BCUT2D eigenvalue weighted by atomic mass is 19.1. The van der Waals surface area contributed by atoms with Gasteiger partial charge in [0.2, 0.25) is 0 Å². The molecule has 112 valence electrons. The Balaban J connectivity index is 2.26. The molecule has 21 heavy (non-hydrogen) atoms. The first-order chi connectivity index (χ1) is 10.1. The van der Waals surface area contributed by atoms with E-state index in [1.807, 2.05) is 6.92 Å². The molecule has 5 heteroatoms. The zero-order valence-electron chi connectivity index (χ0n) is 11.7. The van der Waals surface area contributed by atoms with Crippen LogP contribution >= 0.6 is 0 Å². The normalized spacial score (nSPS) is 12.4. The van der Waals surface area contributed by atoms with Crippen LogP contribution in [0.1, 0.15) is 30.6 Å². The molecular weight excluding hydrogens is 277 g/mol. The van der Waals surface area contributed by atoms with Gasteiger partial charge >= 0.3 is 0 Å². The topological polar surface area (TPSA) is 24.9 Å². The van der Waals surface area contributed by atoms with Crippen molar-refractivity contribution in [2.45, 2.75) is 25.8 Å². The van der Waals surface area contributed by atoms with E-state index in [-0.39, 0.29) is 18.0 Å². The average Bonchev–Trinajstić information content (AvgIpc) is 2.47. The molecule has 1 heterocycles. The number of nitrogens with one attached hydrogen (secondary N) is 1. The van der Waals surface area contributed by atoms with Crippen LogP contribution in [0.5, 0.6) is 0 Å². The second kappa shape index (κ2) is 7.22. The van der Waals surface area contributed by atoms with Crippen LogP contribution in [0.2, 0.25) is 0 Å². The number of nitrogens with zero attached hydrogens (tertiary/aromatic N) is 1. The summed E-state index contributed by atoms with van der Waals surface area (Å²) in [6, 6.07) is 6.25. The Morgan fingerprint density at radius 1 is 1.10 bits per heavy atom. The molecule has 0 fully saturated rings. The molecule has 2 nitrogen and oxygen atoms in total. The lowest BCUT2D eigenvalue weighted by atomic mass is 10.0. The summed E-state index contributed by atoms with van der Waals surface area (Å²) in [6.07, 6.45) is 2.10. The molecule has 0 aliphatic heterocycles. The van der Waals surface area contributed by atoms with Gasteiger partial charge in [-0.15, -0.1) is 0 Å². The SMILES string of the molecule is CCCNC(Cc1c(F)cccc1F)c1ccc(F)cn1. The van der Waals surface area contributed by atoms with E-state index in [2.05, 4.69) is 10.3 Å². The lowest BCUT2D eigenvalue weighted by molar-refractivity contribution is 0.481. The minimum absolute atomic E-state index is 0.0113. The van der Waals surface area contributed by atoms with Crippen molar-refractivity contribution in [2.24, 2.45) is 0 Å². The van der Waals surface area contributed by atoms with Gasteiger partial charge in [0.25, 0.3) is 0 Å². The van der Waals surface area contributed by atoms with Crippen LogP contribution in [0.4, 0.5) is 13.2 Å². The third kappa shape index (κ3) is 4.04. The van der Waals surface area contributed by atoms with Gasteiger partial charge in [-0.05, 0) is 43.7 Å². The Bertz CT molecular complexity index is 564. The first-order valence-electron chi connectivity index (χ1n) is 6.89. The summed E-state index contributed by atoms with van der Waals surface area (Å²) in [5, 5.41) is 3.19. The Labute approximate surface area is 122 Å². The summed E-state index contributed by atoms with van der Waals surface area (Å²) in [4.78, 5) is 4.00. The zero-order chi connectivity index (χ0) is 15.2. The molecule has 0 bridgehead atoms. The van der Waals surface area contributed by atoms with Gasteiger partial charge in [-0.3, -0.25) is 4.98 Å². The van der Waals surface area contributed by atoms with Crippen LogP contribution in [-0.2, 0) is 6.42 Å². The Morgan fingerprint density at radius 3 is 2.38 bits per heavy atom. The molecule has 0 aliphatic rings. The van der Waals surface area contributed by atoms with Gasteiger partial charge in [-0.25, -0.2) is 13.2 Å². The van der Waals surface area contributed by atoms with E-state index in [4.69, 9.17) is 0 Å². The van der Waals surface area contributed by atoms with Crippen molar-refractivity contribution >= 4 is 0 Å². The minimum Gasteiger partial charge on any atom is -0.308 e. The molecule has 1 N–H and O–H groups in total. The van der Waals surface area contributed by atoms with Crippen LogP contribution in [0.15, 0.2) is 36.5 Å². The van der Waals surface area contributed by atoms with Gasteiger partial charge < -0.3 is 5.32 Å². The Hall–Kier alpha value is -1.88. The quantitative estimate of drug-likeness (QED) is 0.877. The van der Waals surface area contributed by atoms with Crippen molar-refractivity contribution in [1.82, 2.24) is 10.3 Å². The maximum atomic E-state index is 13.8. The highest BCUT2D eigenvalue weighted by Gasteiger charge is 2.18. The van der Waals surface area contributed by atoms with Crippen molar-refractivity contribution in [3.05, 3.63) is 65.2 Å². The first-order valence-corrected chi connectivity index (χ1v) is 6.89. The van der Waals surface area contributed by atoms with Crippen LogP contribution in [0, 0.1) is 17.5 Å². The van der Waals surface area contributed by atoms with Crippen LogP contribution in [0.25, 0.3) is 0 Å². The molecule has 1 aromatic carbocycles. The fourth-order valence-corrected chi connectivity index (χ4v) is 2.12. The van der Waals surface area contributed by atoms with E-state index in [1.54, 1.807) is 0 Å². The molecule has 1 unspecified atom stereocenters. The lowest BCUT2D eigenvalue weighted by Crippen LogP contribution is -2.25. The van der Waals surface area contributed by atoms with E-state index < -0.39 is 17.5 Å². The standard InChI is InChI=1S/C16H17F3N2/c1-2-8-20-16(15-7-6-11(17)10-21-15)9-12-13(18)4-3-5-14(12)19/h3-7,10,16,20H,2,8-9H2,1H3. The second-order valence-electron chi connectivity index (χ2n) is 4.81. The van der Waals surface area contributed by atoms with Crippen LogP contribution in [0.3, 0.4) is 0 Å². The minimum atomic E-state index is -0.583. The van der Waals surface area contributed by atoms with E-state index >= 15 is 0 Å². The maximum absolute atomic E-state index is 13.8. The Morgan fingerprint density at radius 2 is 1.81 bits per heavy atom. The van der Waals surface area contributed by atoms with E-state index in [0.717, 1.165) is 12.6 Å². The number of halogens is 3. The molecule has 0 radical (unpaired) electrons. The predicted octanol–water partition coefficient (Wildman–Crippen LogP) is 3.78. The Kier molecular flexibility index (Phi) is 5.33. The van der Waals surface area contributed by atoms with E-state index in [0.29, 0.717) is 12.2 Å². The average molecular weight is 294 g/mol. The summed E-state index contributed by atoms with van der Waals surface area (Å²) in [6.45, 7) is 2.67. The molecule has 0 saturated heterocycles. The zero-order valence-corrected chi connectivity index (χ0v) is 11.7. The summed E-state index contributed by atoms with van der Waals surface area (Å²) < 4.78 is 40.5. The van der Waals surface area contributed by atoms with Gasteiger partial charge in [-0.1, -0.05) is 13.0 Å². The summed E-state index contributed by atoms with van der Waals surface area (Å²) in [7, 11) is 0. The molecule has 2 aromatic rings. The first kappa shape index (κ1) is 15.5. The summed E-state index contributed by atoms with van der Waals surface area (Å²) in [5.74, 6) is -1.61. The highest BCUT2D eigenvalue weighted by molar-refractivity contribution is 5.23. The molecular formula is C16H17F3N2. The van der Waals surface area contributed by atoms with Crippen LogP contribution in [-0.4, -0.2) is 11.5 Å². The number of hydrogen-bond donors (Lipinski definition) is 1. The monoisotopic (exact) mass is 294 g/mol. The van der Waals surface area contributed by atoms with Crippen LogP contribution < -0.4 is 5.32 Å². The van der Waals surface area contributed by atoms with Crippen molar-refractivity contribution in [3.8, 4) is 0 Å². The summed E-state index contributed by atoms with van der Waals surface area (Å²) in [5.41, 5.74) is 0.574. The fraction of sp³-hybridized carbons (Fsp3) is 0.312. The molecule has 0 saturated carbocycles. The fourth-order valence-electron chi connectivity index (χ4n) is 2.12. The molecule has 0 aliphatic carbocycles. The number of pyridine rings is 1. The van der Waals surface area contributed by atoms with Crippen molar-refractivity contribution in [2.75, 3.05) is 6.54 Å². The van der Waals surface area contributed by atoms with Gasteiger partial charge in [0.1, 0.15) is 17.5 Å². The van der Waals surface area contributed by atoms with Gasteiger partial charge in [0.15, 0.2) is 0 Å². The molecule has 0 amide bonds. The molecule has 1 atom stereocenters. The second-order valence-corrected chi connectivity index (χ2v) is 4.81. The number of rotatable bonds is 6. The summed E-state index contributed by atoms with van der Waals surface area (Å²) >= 11 is 0. The maximum Gasteiger partial charge on any atom is 0.141 e. The predicted molar refractivity (Wildman–Crippen MR) is 75.3 cm³/mol. The number of aromatic nitrogens is 1. The van der Waals surface area contributed by atoms with Crippen molar-refractivity contribution in [1.29, 1.82) is 0 Å². The van der Waals surface area contributed by atoms with Crippen molar-refractivity contribution < 1.29 is 13.2 Å². The smallest absolute Gasteiger partial charge is 0.141 e. The molecule has 2 rings (SSSR count). The largest absolute Gasteiger partial charge is 0.308 e. The van der Waals surface area contributed by atoms with Gasteiger partial charge in [0.05, 0.1) is 17.9 Å². The molecule has 0 spiro atoms. The number of hydrogen-bond acceptors (Lipinski definition) is 2. The van der Waals surface area contributed by atoms with Crippen molar-refractivity contribution in [3.63, 3.8) is 0 Å². The number of benzene rings is 1. The van der Waals surface area contributed by atoms with E-state index in [1.165, 1.54) is 30.3 Å². The van der Waals surface area contributed by atoms with E-state index in [9.17, 15) is 13.2 Å². The highest BCUT2D eigenvalue weighted by Crippen LogP contribution is 2.21. The third-order valence-electron chi connectivity index (χ3n) is 3.22. The molecule has 1 aromatic heterocycles. The van der Waals surface area contributed by atoms with Gasteiger partial charge in [0, 0.05) is 5.56 Å². The van der Waals surface area contributed by atoms with Gasteiger partial charge in [-0.2, -0.15) is 0 Å².